The van der Waals surface area contributed by atoms with Gasteiger partial charge in [-0.25, -0.2) is 4.98 Å². The van der Waals surface area contributed by atoms with Crippen LogP contribution in [0, 0.1) is 17.0 Å². The van der Waals surface area contributed by atoms with Crippen molar-refractivity contribution in [1.82, 2.24) is 4.98 Å². The average Bonchev–Trinajstić information content (AvgIpc) is 2.38. The van der Waals surface area contributed by atoms with E-state index in [-0.39, 0.29) is 11.2 Å². The van der Waals surface area contributed by atoms with Gasteiger partial charge in [0, 0.05) is 18.3 Å². The third-order valence-corrected chi connectivity index (χ3v) is 3.41. The Bertz CT molecular complexity index is 422. The zero-order valence-corrected chi connectivity index (χ0v) is 11.1. The van der Waals surface area contributed by atoms with Crippen molar-refractivity contribution in [3.8, 4) is 0 Å². The zero-order chi connectivity index (χ0) is 13.8. The van der Waals surface area contributed by atoms with Crippen molar-refractivity contribution in [2.75, 3.05) is 11.9 Å². The molecule has 0 unspecified atom stereocenters. The number of pyridine rings is 1. The molecule has 0 aliphatic heterocycles. The molecule has 0 aliphatic carbocycles. The third-order valence-electron chi connectivity index (χ3n) is 3.41. The zero-order valence-electron chi connectivity index (χ0n) is 11.1. The van der Waals surface area contributed by atoms with Crippen molar-refractivity contribution in [3.05, 3.63) is 27.9 Å². The van der Waals surface area contributed by atoms with Crippen LogP contribution in [0.5, 0.6) is 0 Å². The maximum absolute atomic E-state index is 10.9. The highest BCUT2D eigenvalue weighted by atomic mass is 16.6. The SMILES string of the molecule is CCC(CC)(CN)Nc1cc([N+](=O)[O-])c(C)cn1. The van der Waals surface area contributed by atoms with Gasteiger partial charge in [0.1, 0.15) is 5.82 Å². The van der Waals surface area contributed by atoms with Gasteiger partial charge in [0.2, 0.25) is 0 Å². The number of nitrogens with one attached hydrogen (secondary N) is 1. The van der Waals surface area contributed by atoms with Crippen LogP contribution in [0.25, 0.3) is 0 Å². The first-order valence-corrected chi connectivity index (χ1v) is 6.07. The molecule has 6 heteroatoms. The maximum Gasteiger partial charge on any atom is 0.277 e. The van der Waals surface area contributed by atoms with Crippen LogP contribution in [0.3, 0.4) is 0 Å². The summed E-state index contributed by atoms with van der Waals surface area (Å²) >= 11 is 0. The summed E-state index contributed by atoms with van der Waals surface area (Å²) in [6.07, 6.45) is 3.18. The molecule has 0 saturated carbocycles. The van der Waals surface area contributed by atoms with E-state index in [0.717, 1.165) is 12.8 Å². The van der Waals surface area contributed by atoms with Gasteiger partial charge in [-0.15, -0.1) is 0 Å². The first-order valence-electron chi connectivity index (χ1n) is 6.07. The number of nitrogens with two attached hydrogens (primary N) is 1. The summed E-state index contributed by atoms with van der Waals surface area (Å²) < 4.78 is 0. The van der Waals surface area contributed by atoms with Crippen molar-refractivity contribution in [1.29, 1.82) is 0 Å². The number of anilines is 1. The van der Waals surface area contributed by atoms with Crippen LogP contribution >= 0.6 is 0 Å². The molecule has 0 bridgehead atoms. The van der Waals surface area contributed by atoms with Gasteiger partial charge < -0.3 is 11.1 Å². The smallest absolute Gasteiger partial charge is 0.277 e. The summed E-state index contributed by atoms with van der Waals surface area (Å²) in [5, 5.41) is 14.1. The lowest BCUT2D eigenvalue weighted by Crippen LogP contribution is -2.44. The van der Waals surface area contributed by atoms with Crippen LogP contribution in [0.4, 0.5) is 11.5 Å². The number of nitro groups is 1. The van der Waals surface area contributed by atoms with E-state index in [1.165, 1.54) is 12.3 Å². The van der Waals surface area contributed by atoms with Gasteiger partial charge in [-0.05, 0) is 19.8 Å². The molecule has 0 aromatic carbocycles. The highest BCUT2D eigenvalue weighted by Gasteiger charge is 2.25. The molecule has 0 amide bonds. The van der Waals surface area contributed by atoms with E-state index in [1.54, 1.807) is 6.92 Å². The minimum Gasteiger partial charge on any atom is -0.363 e. The van der Waals surface area contributed by atoms with Gasteiger partial charge in [-0.2, -0.15) is 0 Å². The topological polar surface area (TPSA) is 94.1 Å². The highest BCUT2D eigenvalue weighted by Crippen LogP contribution is 2.24. The second-order valence-electron chi connectivity index (χ2n) is 4.43. The second kappa shape index (κ2) is 5.77. The van der Waals surface area contributed by atoms with Crippen LogP contribution in [0.2, 0.25) is 0 Å². The molecular formula is C12H20N4O2. The molecule has 1 heterocycles. The van der Waals surface area contributed by atoms with E-state index >= 15 is 0 Å². The number of hydrogen-bond acceptors (Lipinski definition) is 5. The van der Waals surface area contributed by atoms with Crippen molar-refractivity contribution in [3.63, 3.8) is 0 Å². The number of hydrogen-bond donors (Lipinski definition) is 2. The van der Waals surface area contributed by atoms with E-state index < -0.39 is 4.92 Å². The molecule has 0 atom stereocenters. The Kier molecular flexibility index (Phi) is 4.61. The quantitative estimate of drug-likeness (QED) is 0.598. The highest BCUT2D eigenvalue weighted by molar-refractivity contribution is 5.50. The molecule has 6 nitrogen and oxygen atoms in total. The number of nitrogens with zero attached hydrogens (tertiary/aromatic N) is 2. The number of aryl methyl sites for hydroxylation is 1. The minimum atomic E-state index is -0.399. The van der Waals surface area contributed by atoms with Crippen LogP contribution in [0.1, 0.15) is 32.3 Å². The van der Waals surface area contributed by atoms with Crippen LogP contribution < -0.4 is 11.1 Å². The molecule has 1 aromatic rings. The predicted molar refractivity (Wildman–Crippen MR) is 71.6 cm³/mol. The van der Waals surface area contributed by atoms with Gasteiger partial charge in [0.05, 0.1) is 16.5 Å². The van der Waals surface area contributed by atoms with E-state index in [0.29, 0.717) is 17.9 Å². The monoisotopic (exact) mass is 252 g/mol. The Morgan fingerprint density at radius 1 is 1.50 bits per heavy atom. The fourth-order valence-electron chi connectivity index (χ4n) is 1.82. The van der Waals surface area contributed by atoms with Crippen LogP contribution in [-0.2, 0) is 0 Å². The summed E-state index contributed by atoms with van der Waals surface area (Å²) in [4.78, 5) is 14.7. The predicted octanol–water partition coefficient (Wildman–Crippen LogP) is 2.23. The summed E-state index contributed by atoms with van der Waals surface area (Å²) in [6.45, 7) is 6.20. The molecule has 18 heavy (non-hydrogen) atoms. The molecule has 1 rings (SSSR count). The van der Waals surface area contributed by atoms with Crippen molar-refractivity contribution < 1.29 is 4.92 Å². The minimum absolute atomic E-state index is 0.0747. The van der Waals surface area contributed by atoms with Crippen LogP contribution in [0.15, 0.2) is 12.3 Å². The summed E-state index contributed by atoms with van der Waals surface area (Å²) in [5.74, 6) is 0.501. The van der Waals surface area contributed by atoms with E-state index in [2.05, 4.69) is 10.3 Å². The molecule has 0 aliphatic rings. The van der Waals surface area contributed by atoms with Gasteiger partial charge in [-0.1, -0.05) is 13.8 Å². The molecule has 1 aromatic heterocycles. The van der Waals surface area contributed by atoms with E-state index in [4.69, 9.17) is 5.73 Å². The Hall–Kier alpha value is -1.69. The second-order valence-corrected chi connectivity index (χ2v) is 4.43. The fraction of sp³-hybridized carbons (Fsp3) is 0.583. The summed E-state index contributed by atoms with van der Waals surface area (Å²) in [6, 6.07) is 1.46. The lowest BCUT2D eigenvalue weighted by Gasteiger charge is -2.32. The molecule has 3 N–H and O–H groups in total. The molecule has 0 fully saturated rings. The summed E-state index contributed by atoms with van der Waals surface area (Å²) in [5.41, 5.74) is 6.15. The van der Waals surface area contributed by atoms with Crippen molar-refractivity contribution in [2.24, 2.45) is 5.73 Å². The Labute approximate surface area is 107 Å². The van der Waals surface area contributed by atoms with E-state index in [9.17, 15) is 10.1 Å². The average molecular weight is 252 g/mol. The number of rotatable bonds is 6. The standard InChI is InChI=1S/C12H20N4O2/c1-4-12(5-2,8-13)15-11-6-10(16(17)18)9(3)7-14-11/h6-7H,4-5,8,13H2,1-3H3,(H,14,15). The molecule has 0 saturated heterocycles. The largest absolute Gasteiger partial charge is 0.363 e. The van der Waals surface area contributed by atoms with Gasteiger partial charge in [0.25, 0.3) is 5.69 Å². The van der Waals surface area contributed by atoms with Crippen molar-refractivity contribution >= 4 is 11.5 Å². The van der Waals surface area contributed by atoms with Gasteiger partial charge in [0.15, 0.2) is 0 Å². The first-order chi connectivity index (χ1) is 8.48. The lowest BCUT2D eigenvalue weighted by atomic mass is 9.93. The Morgan fingerprint density at radius 2 is 2.11 bits per heavy atom. The van der Waals surface area contributed by atoms with Crippen LogP contribution in [-0.4, -0.2) is 22.0 Å². The third kappa shape index (κ3) is 2.95. The molecule has 0 radical (unpaired) electrons. The first kappa shape index (κ1) is 14.4. The van der Waals surface area contributed by atoms with Gasteiger partial charge in [-0.3, -0.25) is 10.1 Å². The van der Waals surface area contributed by atoms with Crippen molar-refractivity contribution in [2.45, 2.75) is 39.2 Å². The normalized spacial score (nSPS) is 11.3. The molecular weight excluding hydrogens is 232 g/mol. The lowest BCUT2D eigenvalue weighted by molar-refractivity contribution is -0.385. The van der Waals surface area contributed by atoms with E-state index in [1.807, 2.05) is 13.8 Å². The Morgan fingerprint density at radius 3 is 2.56 bits per heavy atom. The Balaban J connectivity index is 3.04. The maximum atomic E-state index is 10.9. The molecule has 0 spiro atoms. The summed E-state index contributed by atoms with van der Waals surface area (Å²) in [7, 11) is 0. The number of aromatic nitrogens is 1. The fourth-order valence-corrected chi connectivity index (χ4v) is 1.82. The van der Waals surface area contributed by atoms with Gasteiger partial charge >= 0.3 is 0 Å². The molecule has 100 valence electrons.